The maximum Gasteiger partial charge on any atom is 0.148 e. The molecular formula is C14H29NO2S. The van der Waals surface area contributed by atoms with Gasteiger partial charge < -0.3 is 5.32 Å². The predicted octanol–water partition coefficient (Wildman–Crippen LogP) is 2.62. The molecule has 1 unspecified atom stereocenters. The van der Waals surface area contributed by atoms with Crippen molar-refractivity contribution in [3.63, 3.8) is 0 Å². The van der Waals surface area contributed by atoms with Crippen LogP contribution in [0.25, 0.3) is 0 Å². The summed E-state index contributed by atoms with van der Waals surface area (Å²) in [5.41, 5.74) is 0. The molecule has 1 aliphatic carbocycles. The third-order valence-electron chi connectivity index (χ3n) is 4.18. The van der Waals surface area contributed by atoms with Crippen LogP contribution in [0.1, 0.15) is 52.4 Å². The molecule has 1 N–H and O–H groups in total. The molecule has 0 bridgehead atoms. The number of rotatable bonds is 7. The predicted molar refractivity (Wildman–Crippen MR) is 77.5 cm³/mol. The largest absolute Gasteiger partial charge is 0.313 e. The number of sulfone groups is 1. The van der Waals surface area contributed by atoms with E-state index < -0.39 is 9.84 Å². The third-order valence-corrected chi connectivity index (χ3v) is 5.14. The first-order valence-corrected chi connectivity index (χ1v) is 9.43. The van der Waals surface area contributed by atoms with Crippen molar-refractivity contribution >= 4 is 9.84 Å². The lowest BCUT2D eigenvalue weighted by Gasteiger charge is -2.34. The molecule has 18 heavy (non-hydrogen) atoms. The van der Waals surface area contributed by atoms with E-state index in [-0.39, 0.29) is 6.04 Å². The molecule has 0 aliphatic heterocycles. The summed E-state index contributed by atoms with van der Waals surface area (Å²) in [5, 5.41) is 3.45. The average Bonchev–Trinajstić information content (AvgIpc) is 2.33. The van der Waals surface area contributed by atoms with E-state index in [4.69, 9.17) is 0 Å². The third kappa shape index (κ3) is 5.70. The fourth-order valence-corrected chi connectivity index (χ4v) is 4.06. The van der Waals surface area contributed by atoms with E-state index in [1.807, 2.05) is 0 Å². The molecule has 1 saturated carbocycles. The Bertz CT molecular complexity index is 319. The van der Waals surface area contributed by atoms with Crippen LogP contribution in [0.15, 0.2) is 0 Å². The topological polar surface area (TPSA) is 46.2 Å². The Morgan fingerprint density at radius 1 is 1.17 bits per heavy atom. The normalized spacial score (nSPS) is 27.1. The second kappa shape index (κ2) is 7.49. The van der Waals surface area contributed by atoms with Gasteiger partial charge in [0.15, 0.2) is 0 Å². The molecule has 1 fully saturated rings. The van der Waals surface area contributed by atoms with Crippen LogP contribution >= 0.6 is 0 Å². The molecule has 0 amide bonds. The smallest absolute Gasteiger partial charge is 0.148 e. The van der Waals surface area contributed by atoms with Gasteiger partial charge in [0.05, 0.1) is 5.75 Å². The average molecular weight is 275 g/mol. The lowest BCUT2D eigenvalue weighted by molar-refractivity contribution is 0.227. The first kappa shape index (κ1) is 16.0. The highest BCUT2D eigenvalue weighted by molar-refractivity contribution is 7.90. The minimum atomic E-state index is -2.88. The molecule has 0 spiro atoms. The van der Waals surface area contributed by atoms with Crippen molar-refractivity contribution in [3.8, 4) is 0 Å². The fraction of sp³-hybridized carbons (Fsp3) is 1.00. The van der Waals surface area contributed by atoms with Crippen LogP contribution in [0.2, 0.25) is 0 Å². The van der Waals surface area contributed by atoms with Gasteiger partial charge in [0.1, 0.15) is 9.84 Å². The SMILES string of the molecule is CCCNC(CS(C)(=O)=O)C1CCC(CC)CC1. The van der Waals surface area contributed by atoms with Gasteiger partial charge in [-0.15, -0.1) is 0 Å². The quantitative estimate of drug-likeness (QED) is 0.777. The van der Waals surface area contributed by atoms with Gasteiger partial charge in [-0.05, 0) is 37.6 Å². The van der Waals surface area contributed by atoms with Crippen LogP contribution in [-0.2, 0) is 9.84 Å². The standard InChI is InChI=1S/C14H29NO2S/c1-4-10-15-14(11-18(3,16)17)13-8-6-12(5-2)7-9-13/h12-15H,4-11H2,1-3H3. The van der Waals surface area contributed by atoms with Gasteiger partial charge in [-0.1, -0.05) is 33.1 Å². The fourth-order valence-electron chi connectivity index (χ4n) is 3.02. The zero-order valence-electron chi connectivity index (χ0n) is 12.1. The Morgan fingerprint density at radius 2 is 1.78 bits per heavy atom. The van der Waals surface area contributed by atoms with Crippen molar-refractivity contribution in [2.45, 2.75) is 58.4 Å². The number of hydrogen-bond acceptors (Lipinski definition) is 3. The number of nitrogens with one attached hydrogen (secondary N) is 1. The Balaban J connectivity index is 2.54. The second-order valence-electron chi connectivity index (χ2n) is 5.84. The molecule has 0 aromatic rings. The Hall–Kier alpha value is -0.0900. The van der Waals surface area contributed by atoms with Crippen LogP contribution in [0.3, 0.4) is 0 Å². The Kier molecular flexibility index (Phi) is 6.64. The summed E-state index contributed by atoms with van der Waals surface area (Å²) < 4.78 is 23.1. The van der Waals surface area contributed by atoms with Gasteiger partial charge in [0.25, 0.3) is 0 Å². The molecule has 3 nitrogen and oxygen atoms in total. The van der Waals surface area contributed by atoms with Crippen LogP contribution in [0.4, 0.5) is 0 Å². The summed E-state index contributed by atoms with van der Waals surface area (Å²) in [5.74, 6) is 1.72. The summed E-state index contributed by atoms with van der Waals surface area (Å²) in [6.45, 7) is 5.31. The van der Waals surface area contributed by atoms with Crippen molar-refractivity contribution in [1.82, 2.24) is 5.32 Å². The van der Waals surface area contributed by atoms with Crippen LogP contribution < -0.4 is 5.32 Å². The molecule has 0 saturated heterocycles. The highest BCUT2D eigenvalue weighted by Gasteiger charge is 2.28. The van der Waals surface area contributed by atoms with Crippen molar-refractivity contribution in [2.24, 2.45) is 11.8 Å². The number of hydrogen-bond donors (Lipinski definition) is 1. The minimum Gasteiger partial charge on any atom is -0.313 e. The van der Waals surface area contributed by atoms with Crippen molar-refractivity contribution in [1.29, 1.82) is 0 Å². The highest BCUT2D eigenvalue weighted by Crippen LogP contribution is 2.32. The second-order valence-corrected chi connectivity index (χ2v) is 8.03. The first-order chi connectivity index (χ1) is 8.46. The summed E-state index contributed by atoms with van der Waals surface area (Å²) >= 11 is 0. The summed E-state index contributed by atoms with van der Waals surface area (Å²) in [6.07, 6.45) is 8.61. The van der Waals surface area contributed by atoms with E-state index in [0.29, 0.717) is 11.7 Å². The molecule has 1 aliphatic rings. The molecule has 4 heteroatoms. The van der Waals surface area contributed by atoms with Gasteiger partial charge in [-0.2, -0.15) is 0 Å². The van der Waals surface area contributed by atoms with Crippen LogP contribution in [0.5, 0.6) is 0 Å². The molecule has 108 valence electrons. The van der Waals surface area contributed by atoms with E-state index in [2.05, 4.69) is 19.2 Å². The molecule has 1 rings (SSSR count). The van der Waals surface area contributed by atoms with E-state index in [1.165, 1.54) is 38.4 Å². The van der Waals surface area contributed by atoms with Crippen molar-refractivity contribution in [3.05, 3.63) is 0 Å². The van der Waals surface area contributed by atoms with Crippen molar-refractivity contribution < 1.29 is 8.42 Å². The zero-order valence-corrected chi connectivity index (χ0v) is 12.9. The van der Waals surface area contributed by atoms with Crippen LogP contribution in [0, 0.1) is 11.8 Å². The highest BCUT2D eigenvalue weighted by atomic mass is 32.2. The van der Waals surface area contributed by atoms with Gasteiger partial charge in [-0.3, -0.25) is 0 Å². The van der Waals surface area contributed by atoms with Gasteiger partial charge in [0, 0.05) is 12.3 Å². The van der Waals surface area contributed by atoms with E-state index in [1.54, 1.807) is 0 Å². The molecular weight excluding hydrogens is 246 g/mol. The van der Waals surface area contributed by atoms with Crippen LogP contribution in [-0.4, -0.2) is 33.0 Å². The summed E-state index contributed by atoms with van der Waals surface area (Å²) in [7, 11) is -2.88. The van der Waals surface area contributed by atoms with E-state index >= 15 is 0 Å². The summed E-state index contributed by atoms with van der Waals surface area (Å²) in [4.78, 5) is 0. The lowest BCUT2D eigenvalue weighted by Crippen LogP contribution is -2.43. The minimum absolute atomic E-state index is 0.165. The molecule has 0 aromatic heterocycles. The maximum atomic E-state index is 11.5. The summed E-state index contributed by atoms with van der Waals surface area (Å²) in [6, 6.07) is 0.165. The van der Waals surface area contributed by atoms with E-state index in [9.17, 15) is 8.42 Å². The Morgan fingerprint density at radius 3 is 2.22 bits per heavy atom. The maximum absolute atomic E-state index is 11.5. The van der Waals surface area contributed by atoms with Crippen molar-refractivity contribution in [2.75, 3.05) is 18.6 Å². The van der Waals surface area contributed by atoms with Gasteiger partial charge >= 0.3 is 0 Å². The van der Waals surface area contributed by atoms with E-state index in [0.717, 1.165) is 18.9 Å². The zero-order chi connectivity index (χ0) is 13.6. The Labute approximate surface area is 113 Å². The first-order valence-electron chi connectivity index (χ1n) is 7.37. The lowest BCUT2D eigenvalue weighted by atomic mass is 9.78. The van der Waals surface area contributed by atoms with Gasteiger partial charge in [0.2, 0.25) is 0 Å². The molecule has 1 atom stereocenters. The molecule has 0 aromatic carbocycles. The monoisotopic (exact) mass is 275 g/mol. The molecule has 0 heterocycles. The molecule has 0 radical (unpaired) electrons. The van der Waals surface area contributed by atoms with Gasteiger partial charge in [-0.25, -0.2) is 8.42 Å².